The number of rotatable bonds is 2. The highest BCUT2D eigenvalue weighted by Gasteiger charge is 2.28. The molecule has 1 aromatic rings. The van der Waals surface area contributed by atoms with E-state index in [9.17, 15) is 0 Å². The molecule has 0 saturated carbocycles. The van der Waals surface area contributed by atoms with E-state index in [0.717, 1.165) is 28.0 Å². The Morgan fingerprint density at radius 1 is 1.32 bits per heavy atom. The van der Waals surface area contributed by atoms with Crippen molar-refractivity contribution >= 4 is 5.57 Å². The first kappa shape index (κ1) is 13.2. The Bertz CT molecular complexity index is 633. The minimum atomic E-state index is 0.106. The minimum absolute atomic E-state index is 0.106. The number of nitrogens with two attached hydrogens (primary N) is 1. The maximum atomic E-state index is 7.26. The highest BCUT2D eigenvalue weighted by molar-refractivity contribution is 5.87. The van der Waals surface area contributed by atoms with Gasteiger partial charge in [-0.2, -0.15) is 0 Å². The SMILES string of the molecule is [C-]#[N+]C1=C(N)C(c2ccc(OC)cc2C)=C(C)C1C. The number of methoxy groups -OCH3 is 1. The van der Waals surface area contributed by atoms with E-state index in [1.165, 1.54) is 0 Å². The van der Waals surface area contributed by atoms with Gasteiger partial charge in [-0.25, -0.2) is 4.85 Å². The number of allylic oxidation sites excluding steroid dienone is 2. The second-order valence-corrected chi connectivity index (χ2v) is 4.87. The summed E-state index contributed by atoms with van der Waals surface area (Å²) >= 11 is 0. The van der Waals surface area contributed by atoms with E-state index in [4.69, 9.17) is 17.0 Å². The Kier molecular flexibility index (Phi) is 3.35. The zero-order chi connectivity index (χ0) is 14.2. The molecule has 0 fully saturated rings. The van der Waals surface area contributed by atoms with Gasteiger partial charge in [0, 0.05) is 11.6 Å². The Hall–Kier alpha value is -2.21. The van der Waals surface area contributed by atoms with Gasteiger partial charge >= 0.3 is 0 Å². The van der Waals surface area contributed by atoms with Crippen LogP contribution in [0.15, 0.2) is 35.2 Å². The zero-order valence-corrected chi connectivity index (χ0v) is 11.7. The summed E-state index contributed by atoms with van der Waals surface area (Å²) in [6.45, 7) is 13.4. The lowest BCUT2D eigenvalue weighted by molar-refractivity contribution is 0.414. The van der Waals surface area contributed by atoms with Crippen LogP contribution in [0.2, 0.25) is 0 Å². The molecule has 0 radical (unpaired) electrons. The van der Waals surface area contributed by atoms with Crippen molar-refractivity contribution in [2.24, 2.45) is 11.7 Å². The third-order valence-corrected chi connectivity index (χ3v) is 3.82. The van der Waals surface area contributed by atoms with Crippen molar-refractivity contribution < 1.29 is 4.74 Å². The number of benzene rings is 1. The van der Waals surface area contributed by atoms with E-state index >= 15 is 0 Å². The first-order valence-corrected chi connectivity index (χ1v) is 6.24. The molecule has 3 nitrogen and oxygen atoms in total. The maximum Gasteiger partial charge on any atom is 0.194 e. The zero-order valence-electron chi connectivity index (χ0n) is 11.7. The van der Waals surface area contributed by atoms with E-state index < -0.39 is 0 Å². The van der Waals surface area contributed by atoms with Crippen LogP contribution in [0.3, 0.4) is 0 Å². The van der Waals surface area contributed by atoms with Crippen LogP contribution in [0, 0.1) is 19.4 Å². The van der Waals surface area contributed by atoms with Crippen molar-refractivity contribution in [3.63, 3.8) is 0 Å². The van der Waals surface area contributed by atoms with Crippen molar-refractivity contribution in [3.8, 4) is 5.75 Å². The molecule has 2 rings (SSSR count). The van der Waals surface area contributed by atoms with Crippen LogP contribution in [-0.4, -0.2) is 7.11 Å². The molecule has 1 atom stereocenters. The summed E-state index contributed by atoms with van der Waals surface area (Å²) in [4.78, 5) is 3.58. The molecular weight excluding hydrogens is 236 g/mol. The predicted octanol–water partition coefficient (Wildman–Crippen LogP) is 3.52. The molecule has 1 aliphatic carbocycles. The summed E-state index contributed by atoms with van der Waals surface area (Å²) in [7, 11) is 1.65. The van der Waals surface area contributed by atoms with Crippen molar-refractivity contribution in [3.05, 3.63) is 57.7 Å². The smallest absolute Gasteiger partial charge is 0.194 e. The van der Waals surface area contributed by atoms with E-state index in [2.05, 4.69) is 11.8 Å². The Morgan fingerprint density at radius 3 is 2.47 bits per heavy atom. The molecule has 19 heavy (non-hydrogen) atoms. The highest BCUT2D eigenvalue weighted by Crippen LogP contribution is 2.41. The quantitative estimate of drug-likeness (QED) is 0.820. The normalized spacial score (nSPS) is 18.8. The van der Waals surface area contributed by atoms with Crippen LogP contribution >= 0.6 is 0 Å². The van der Waals surface area contributed by atoms with Crippen LogP contribution < -0.4 is 10.5 Å². The van der Waals surface area contributed by atoms with Gasteiger partial charge in [-0.15, -0.1) is 0 Å². The van der Waals surface area contributed by atoms with Crippen molar-refractivity contribution in [2.75, 3.05) is 7.11 Å². The van der Waals surface area contributed by atoms with Gasteiger partial charge in [-0.05, 0) is 42.7 Å². The van der Waals surface area contributed by atoms with Gasteiger partial charge in [-0.1, -0.05) is 18.6 Å². The van der Waals surface area contributed by atoms with Crippen molar-refractivity contribution in [1.29, 1.82) is 0 Å². The summed E-state index contributed by atoms with van der Waals surface area (Å²) in [6, 6.07) is 5.93. The third-order valence-electron chi connectivity index (χ3n) is 3.82. The molecule has 1 aliphatic rings. The van der Waals surface area contributed by atoms with Gasteiger partial charge in [-0.3, -0.25) is 0 Å². The number of hydrogen-bond acceptors (Lipinski definition) is 2. The van der Waals surface area contributed by atoms with Gasteiger partial charge in [0.2, 0.25) is 0 Å². The van der Waals surface area contributed by atoms with Crippen LogP contribution in [-0.2, 0) is 0 Å². The van der Waals surface area contributed by atoms with Gasteiger partial charge in [0.1, 0.15) is 5.75 Å². The number of aryl methyl sites for hydroxylation is 1. The average Bonchev–Trinajstić information content (AvgIpc) is 2.61. The monoisotopic (exact) mass is 254 g/mol. The van der Waals surface area contributed by atoms with Gasteiger partial charge in [0.25, 0.3) is 0 Å². The fourth-order valence-corrected chi connectivity index (χ4v) is 2.55. The lowest BCUT2D eigenvalue weighted by Crippen LogP contribution is -2.02. The van der Waals surface area contributed by atoms with Crippen LogP contribution in [0.1, 0.15) is 25.0 Å². The Labute approximate surface area is 114 Å². The van der Waals surface area contributed by atoms with Crippen molar-refractivity contribution in [2.45, 2.75) is 20.8 Å². The molecule has 0 bridgehead atoms. The Morgan fingerprint density at radius 2 is 2.00 bits per heavy atom. The van der Waals surface area contributed by atoms with Crippen molar-refractivity contribution in [1.82, 2.24) is 0 Å². The summed E-state index contributed by atoms with van der Waals surface area (Å²) in [5, 5.41) is 0. The standard InChI is InChI=1S/C16H18N2O/c1-9-8-12(19-5)6-7-13(9)14-10(2)11(3)16(18-4)15(14)17/h6-8,11H,17H2,1-3,5H3. The maximum absolute atomic E-state index is 7.26. The van der Waals surface area contributed by atoms with E-state index in [1.54, 1.807) is 7.11 Å². The first-order valence-electron chi connectivity index (χ1n) is 6.24. The number of hydrogen-bond donors (Lipinski definition) is 1. The molecule has 98 valence electrons. The average molecular weight is 254 g/mol. The molecule has 0 spiro atoms. The summed E-state index contributed by atoms with van der Waals surface area (Å²) in [6.07, 6.45) is 0. The van der Waals surface area contributed by atoms with Crippen LogP contribution in [0.5, 0.6) is 5.75 Å². The summed E-state index contributed by atoms with van der Waals surface area (Å²) in [5.41, 5.74) is 11.8. The number of ether oxygens (including phenoxy) is 1. The van der Waals surface area contributed by atoms with E-state index in [0.29, 0.717) is 11.4 Å². The summed E-state index contributed by atoms with van der Waals surface area (Å²) < 4.78 is 5.22. The summed E-state index contributed by atoms with van der Waals surface area (Å²) in [5.74, 6) is 0.938. The molecule has 0 aromatic heterocycles. The fraction of sp³-hybridized carbons (Fsp3) is 0.312. The molecule has 0 amide bonds. The minimum Gasteiger partial charge on any atom is -0.497 e. The largest absolute Gasteiger partial charge is 0.497 e. The second-order valence-electron chi connectivity index (χ2n) is 4.87. The number of nitrogens with zero attached hydrogens (tertiary/aromatic N) is 1. The predicted molar refractivity (Wildman–Crippen MR) is 77.3 cm³/mol. The Balaban J connectivity index is 2.60. The fourth-order valence-electron chi connectivity index (χ4n) is 2.55. The highest BCUT2D eigenvalue weighted by atomic mass is 16.5. The molecule has 1 aromatic carbocycles. The molecule has 1 unspecified atom stereocenters. The van der Waals surface area contributed by atoms with Crippen LogP contribution in [0.25, 0.3) is 10.4 Å². The van der Waals surface area contributed by atoms with E-state index in [-0.39, 0.29) is 5.92 Å². The van der Waals surface area contributed by atoms with Crippen LogP contribution in [0.4, 0.5) is 0 Å². The molecular formula is C16H18N2O. The molecule has 0 heterocycles. The molecule has 3 heteroatoms. The molecule has 0 aliphatic heterocycles. The topological polar surface area (TPSA) is 39.6 Å². The lowest BCUT2D eigenvalue weighted by Gasteiger charge is -2.13. The molecule has 0 saturated heterocycles. The second kappa shape index (κ2) is 4.81. The third kappa shape index (κ3) is 2.00. The lowest BCUT2D eigenvalue weighted by atomic mass is 9.95. The molecule has 2 N–H and O–H groups in total. The first-order chi connectivity index (χ1) is 9.01. The van der Waals surface area contributed by atoms with Gasteiger partial charge in [0.15, 0.2) is 5.70 Å². The van der Waals surface area contributed by atoms with Gasteiger partial charge in [0.05, 0.1) is 13.7 Å². The van der Waals surface area contributed by atoms with E-state index in [1.807, 2.05) is 32.0 Å². The van der Waals surface area contributed by atoms with Gasteiger partial charge < -0.3 is 10.5 Å².